The van der Waals surface area contributed by atoms with Gasteiger partial charge in [-0.1, -0.05) is 11.8 Å². The van der Waals surface area contributed by atoms with E-state index < -0.39 is 37.3 Å². The lowest BCUT2D eigenvalue weighted by Gasteiger charge is -2.14. The van der Waals surface area contributed by atoms with Gasteiger partial charge in [0.25, 0.3) is 0 Å². The van der Waals surface area contributed by atoms with Crippen molar-refractivity contribution in [2.75, 3.05) is 19.5 Å². The van der Waals surface area contributed by atoms with Crippen molar-refractivity contribution < 1.29 is 40.2 Å². The second-order valence-electron chi connectivity index (χ2n) is 6.02. The monoisotopic (exact) mass is 468 g/mol. The molecule has 0 aliphatic heterocycles. The Morgan fingerprint density at radius 2 is 1.61 bits per heavy atom. The van der Waals surface area contributed by atoms with E-state index in [0.717, 1.165) is 12.1 Å². The molecule has 0 aliphatic carbocycles. The minimum atomic E-state index is -4.67. The van der Waals surface area contributed by atoms with Crippen molar-refractivity contribution in [1.29, 1.82) is 0 Å². The fourth-order valence-electron chi connectivity index (χ4n) is 2.42. The highest BCUT2D eigenvalue weighted by molar-refractivity contribution is 7.98. The van der Waals surface area contributed by atoms with Crippen molar-refractivity contribution in [1.82, 2.24) is 19.7 Å². The normalized spacial score (nSPS) is 12.2. The summed E-state index contributed by atoms with van der Waals surface area (Å²) in [6, 6.07) is 5.57. The standard InChI is InChI=1S/C17H14F6N4O3S/c1-31-15-26-25-14(27(15)7-11-3-2-4-28-11)10-5-12(29-8-16(18,19)20)24-13(6-10)30-9-17(21,22)23/h2-6H,7-9H2,1H3. The molecule has 31 heavy (non-hydrogen) atoms. The highest BCUT2D eigenvalue weighted by atomic mass is 32.2. The molecule has 0 aliphatic rings. The fourth-order valence-corrected chi connectivity index (χ4v) is 2.92. The highest BCUT2D eigenvalue weighted by Crippen LogP contribution is 2.30. The predicted molar refractivity (Wildman–Crippen MR) is 95.9 cm³/mol. The number of pyridine rings is 1. The molecule has 3 aromatic heterocycles. The van der Waals surface area contributed by atoms with Crippen LogP contribution in [0.4, 0.5) is 26.3 Å². The number of halogens is 6. The SMILES string of the molecule is CSc1nnc(-c2cc(OCC(F)(F)F)nc(OCC(F)(F)F)c2)n1Cc1ccco1. The molecule has 0 aromatic carbocycles. The summed E-state index contributed by atoms with van der Waals surface area (Å²) in [5.41, 5.74) is 0.101. The summed E-state index contributed by atoms with van der Waals surface area (Å²) in [4.78, 5) is 3.57. The van der Waals surface area contributed by atoms with Crippen LogP contribution in [0.3, 0.4) is 0 Å². The van der Waals surface area contributed by atoms with Crippen LogP contribution in [0.15, 0.2) is 40.1 Å². The average molecular weight is 468 g/mol. The van der Waals surface area contributed by atoms with E-state index >= 15 is 0 Å². The van der Waals surface area contributed by atoms with Crippen LogP contribution in [0.1, 0.15) is 5.76 Å². The van der Waals surface area contributed by atoms with E-state index in [2.05, 4.69) is 24.7 Å². The van der Waals surface area contributed by atoms with Gasteiger partial charge in [0.15, 0.2) is 24.2 Å². The maximum absolute atomic E-state index is 12.5. The second kappa shape index (κ2) is 9.08. The van der Waals surface area contributed by atoms with Crippen molar-refractivity contribution in [3.63, 3.8) is 0 Å². The summed E-state index contributed by atoms with van der Waals surface area (Å²) in [5.74, 6) is -0.472. The lowest BCUT2D eigenvalue weighted by atomic mass is 10.2. The van der Waals surface area contributed by atoms with Gasteiger partial charge in [0.2, 0.25) is 11.8 Å². The number of hydrogen-bond acceptors (Lipinski definition) is 7. The number of nitrogens with zero attached hydrogens (tertiary/aromatic N) is 4. The van der Waals surface area contributed by atoms with Crippen LogP contribution < -0.4 is 9.47 Å². The first-order valence-corrected chi connectivity index (χ1v) is 9.68. The molecule has 0 atom stereocenters. The van der Waals surface area contributed by atoms with Crippen molar-refractivity contribution in [2.45, 2.75) is 24.1 Å². The Bertz CT molecular complexity index is 968. The number of alkyl halides is 6. The Hall–Kier alpha value is -2.90. The van der Waals surface area contributed by atoms with E-state index in [1.807, 2.05) is 0 Å². The van der Waals surface area contributed by atoms with Crippen LogP contribution in [0.5, 0.6) is 11.8 Å². The van der Waals surface area contributed by atoms with Gasteiger partial charge in [0.1, 0.15) is 5.76 Å². The van der Waals surface area contributed by atoms with Gasteiger partial charge in [0.05, 0.1) is 12.8 Å². The lowest BCUT2D eigenvalue weighted by Crippen LogP contribution is -2.21. The van der Waals surface area contributed by atoms with Crippen molar-refractivity contribution in [3.8, 4) is 23.1 Å². The van der Waals surface area contributed by atoms with E-state index in [0.29, 0.717) is 10.9 Å². The zero-order valence-corrected chi connectivity index (χ0v) is 16.5. The molecule has 0 amide bonds. The van der Waals surface area contributed by atoms with Crippen molar-refractivity contribution in [3.05, 3.63) is 36.3 Å². The molecule has 0 N–H and O–H groups in total. The third-order valence-electron chi connectivity index (χ3n) is 3.60. The van der Waals surface area contributed by atoms with Crippen LogP contribution in [-0.2, 0) is 6.54 Å². The third kappa shape index (κ3) is 6.54. The van der Waals surface area contributed by atoms with Gasteiger partial charge in [-0.25, -0.2) is 0 Å². The van der Waals surface area contributed by atoms with Gasteiger partial charge >= 0.3 is 12.4 Å². The van der Waals surface area contributed by atoms with Crippen LogP contribution in [0.25, 0.3) is 11.4 Å². The summed E-state index contributed by atoms with van der Waals surface area (Å²) >= 11 is 1.24. The molecule has 168 valence electrons. The Kier molecular flexibility index (Phi) is 6.67. The second-order valence-corrected chi connectivity index (χ2v) is 6.79. The van der Waals surface area contributed by atoms with E-state index in [-0.39, 0.29) is 17.9 Å². The van der Waals surface area contributed by atoms with Gasteiger partial charge in [0, 0.05) is 17.7 Å². The number of thioether (sulfide) groups is 1. The van der Waals surface area contributed by atoms with E-state index in [1.54, 1.807) is 23.0 Å². The molecular weight excluding hydrogens is 454 g/mol. The minimum absolute atomic E-state index is 0.101. The van der Waals surface area contributed by atoms with Gasteiger partial charge in [-0.05, 0) is 18.4 Å². The number of rotatable bonds is 8. The van der Waals surface area contributed by atoms with Crippen molar-refractivity contribution in [2.24, 2.45) is 0 Å². The van der Waals surface area contributed by atoms with Crippen molar-refractivity contribution >= 4 is 11.8 Å². The average Bonchev–Trinajstić information content (AvgIpc) is 3.33. The Labute approximate surface area is 175 Å². The smallest absolute Gasteiger partial charge is 0.422 e. The quantitative estimate of drug-likeness (QED) is 0.354. The molecule has 0 saturated heterocycles. The summed E-state index contributed by atoms with van der Waals surface area (Å²) in [6.45, 7) is -3.19. The Morgan fingerprint density at radius 1 is 1.00 bits per heavy atom. The molecule has 0 bridgehead atoms. The van der Waals surface area contributed by atoms with Gasteiger partial charge in [-0.2, -0.15) is 31.3 Å². The van der Waals surface area contributed by atoms with Crippen LogP contribution in [-0.4, -0.2) is 51.6 Å². The summed E-state index contributed by atoms with van der Waals surface area (Å²) in [5, 5.41) is 8.44. The first kappa shape index (κ1) is 22.8. The van der Waals surface area contributed by atoms with Gasteiger partial charge < -0.3 is 13.9 Å². The van der Waals surface area contributed by atoms with Gasteiger partial charge in [-0.15, -0.1) is 10.2 Å². The first-order valence-electron chi connectivity index (χ1n) is 8.45. The third-order valence-corrected chi connectivity index (χ3v) is 4.26. The molecule has 3 rings (SSSR count). The predicted octanol–water partition coefficient (Wildman–Crippen LogP) is 4.59. The molecule has 3 aromatic rings. The molecule has 0 unspecified atom stereocenters. The minimum Gasteiger partial charge on any atom is -0.468 e. The van der Waals surface area contributed by atoms with Crippen LogP contribution in [0, 0.1) is 0 Å². The molecule has 0 saturated carbocycles. The highest BCUT2D eigenvalue weighted by Gasteiger charge is 2.30. The molecule has 3 heterocycles. The van der Waals surface area contributed by atoms with Crippen LogP contribution >= 0.6 is 11.8 Å². The van der Waals surface area contributed by atoms with Gasteiger partial charge in [-0.3, -0.25) is 4.57 Å². The molecular formula is C17H14F6N4O3S. The first-order chi connectivity index (χ1) is 14.5. The Balaban J connectivity index is 1.99. The number of furan rings is 1. The molecule has 0 radical (unpaired) electrons. The topological polar surface area (TPSA) is 75.2 Å². The summed E-state index contributed by atoms with van der Waals surface area (Å²) < 4.78 is 91.2. The molecule has 14 heteroatoms. The van der Waals surface area contributed by atoms with Crippen LogP contribution in [0.2, 0.25) is 0 Å². The number of hydrogen-bond donors (Lipinski definition) is 0. The van der Waals surface area contributed by atoms with E-state index in [1.165, 1.54) is 18.0 Å². The maximum Gasteiger partial charge on any atom is 0.422 e. The number of aromatic nitrogens is 4. The Morgan fingerprint density at radius 3 is 2.10 bits per heavy atom. The zero-order valence-electron chi connectivity index (χ0n) is 15.7. The molecule has 0 spiro atoms. The lowest BCUT2D eigenvalue weighted by molar-refractivity contribution is -0.155. The summed E-state index contributed by atoms with van der Waals surface area (Å²) in [6.07, 6.45) is -6.16. The fraction of sp³-hybridized carbons (Fsp3) is 0.353. The summed E-state index contributed by atoms with van der Waals surface area (Å²) in [7, 11) is 0. The maximum atomic E-state index is 12.5. The van der Waals surface area contributed by atoms with E-state index in [4.69, 9.17) is 4.42 Å². The molecule has 7 nitrogen and oxygen atoms in total. The van der Waals surface area contributed by atoms with E-state index in [9.17, 15) is 26.3 Å². The largest absolute Gasteiger partial charge is 0.468 e. The zero-order chi connectivity index (χ0) is 22.6. The number of ether oxygens (including phenoxy) is 2. The molecule has 0 fully saturated rings.